The number of fused-ring (bicyclic) bond motifs is 1. The van der Waals surface area contributed by atoms with Crippen molar-refractivity contribution in [2.75, 3.05) is 29.0 Å². The summed E-state index contributed by atoms with van der Waals surface area (Å²) in [6, 6.07) is 3.87. The second kappa shape index (κ2) is 6.58. The second-order valence-electron chi connectivity index (χ2n) is 6.50. The molecule has 0 aromatic carbocycles. The molecule has 8 nitrogen and oxygen atoms in total. The molecule has 4 heterocycles. The van der Waals surface area contributed by atoms with Gasteiger partial charge in [0.25, 0.3) is 5.91 Å². The fourth-order valence-electron chi connectivity index (χ4n) is 3.45. The molecular formula is C17H21N7OS. The summed E-state index contributed by atoms with van der Waals surface area (Å²) >= 11 is 1.36. The second-order valence-corrected chi connectivity index (χ2v) is 7.58. The molecule has 9 heteroatoms. The summed E-state index contributed by atoms with van der Waals surface area (Å²) in [6.07, 6.45) is 5.35. The highest BCUT2D eigenvalue weighted by atomic mass is 32.1. The van der Waals surface area contributed by atoms with E-state index in [-0.39, 0.29) is 11.9 Å². The standard InChI is InChI=1S/C17H21N7OS/c1-23-17(24-7-3-4-10(18)9-24)11(8-21-23)22-16(25)13-14-12(26-15(13)19)5-2-6-20-14/h2,5-6,8,10H,3-4,7,9,18-19H2,1H3,(H,22,25). The molecule has 4 rings (SSSR count). The van der Waals surface area contributed by atoms with Gasteiger partial charge in [0.2, 0.25) is 0 Å². The number of rotatable bonds is 3. The van der Waals surface area contributed by atoms with Crippen molar-refractivity contribution in [3.8, 4) is 0 Å². The maximum absolute atomic E-state index is 12.9. The third kappa shape index (κ3) is 2.89. The van der Waals surface area contributed by atoms with Gasteiger partial charge in [0.05, 0.1) is 16.4 Å². The lowest BCUT2D eigenvalue weighted by molar-refractivity contribution is 0.102. The van der Waals surface area contributed by atoms with Gasteiger partial charge in [0.15, 0.2) is 5.82 Å². The molecule has 0 bridgehead atoms. The van der Waals surface area contributed by atoms with Crippen LogP contribution in [0.1, 0.15) is 23.2 Å². The van der Waals surface area contributed by atoms with Gasteiger partial charge in [-0.25, -0.2) is 0 Å². The van der Waals surface area contributed by atoms with Crippen LogP contribution in [0.4, 0.5) is 16.5 Å². The molecule has 1 atom stereocenters. The minimum Gasteiger partial charge on any atom is -0.390 e. The first-order valence-corrected chi connectivity index (χ1v) is 9.33. The third-order valence-corrected chi connectivity index (χ3v) is 5.59. The Morgan fingerprint density at radius 2 is 2.31 bits per heavy atom. The largest absolute Gasteiger partial charge is 0.390 e. The van der Waals surface area contributed by atoms with Gasteiger partial charge in [-0.3, -0.25) is 14.5 Å². The fraction of sp³-hybridized carbons (Fsp3) is 0.353. The molecule has 1 aliphatic rings. The summed E-state index contributed by atoms with van der Waals surface area (Å²) in [5.74, 6) is 0.586. The molecule has 3 aromatic heterocycles. The summed E-state index contributed by atoms with van der Waals surface area (Å²) in [6.45, 7) is 1.63. The third-order valence-electron chi connectivity index (χ3n) is 4.61. The van der Waals surface area contributed by atoms with E-state index in [4.69, 9.17) is 11.5 Å². The Morgan fingerprint density at radius 3 is 3.12 bits per heavy atom. The smallest absolute Gasteiger partial charge is 0.261 e. The van der Waals surface area contributed by atoms with Gasteiger partial charge >= 0.3 is 0 Å². The van der Waals surface area contributed by atoms with Gasteiger partial charge in [0.1, 0.15) is 16.3 Å². The van der Waals surface area contributed by atoms with Crippen molar-refractivity contribution in [3.63, 3.8) is 0 Å². The summed E-state index contributed by atoms with van der Waals surface area (Å²) < 4.78 is 2.66. The Kier molecular flexibility index (Phi) is 4.25. The van der Waals surface area contributed by atoms with E-state index in [9.17, 15) is 4.79 Å². The molecular weight excluding hydrogens is 350 g/mol. The first-order chi connectivity index (χ1) is 12.5. The normalized spacial score (nSPS) is 17.6. The van der Waals surface area contributed by atoms with E-state index in [2.05, 4.69) is 20.3 Å². The molecule has 1 fully saturated rings. The van der Waals surface area contributed by atoms with Crippen LogP contribution in [0.25, 0.3) is 10.2 Å². The van der Waals surface area contributed by atoms with Crippen molar-refractivity contribution in [2.24, 2.45) is 12.8 Å². The van der Waals surface area contributed by atoms with Gasteiger partial charge in [-0.15, -0.1) is 11.3 Å². The Labute approximate surface area is 154 Å². The lowest BCUT2D eigenvalue weighted by Gasteiger charge is -2.32. The Bertz CT molecular complexity index is 963. The highest BCUT2D eigenvalue weighted by Gasteiger charge is 2.25. The maximum Gasteiger partial charge on any atom is 0.261 e. The molecule has 1 amide bonds. The minimum absolute atomic E-state index is 0.128. The Hall–Kier alpha value is -2.65. The molecule has 0 spiro atoms. The molecule has 1 aliphatic heterocycles. The summed E-state index contributed by atoms with van der Waals surface area (Å²) in [7, 11) is 1.86. The van der Waals surface area contributed by atoms with Crippen LogP contribution in [0.3, 0.4) is 0 Å². The van der Waals surface area contributed by atoms with E-state index in [0.717, 1.165) is 36.4 Å². The zero-order valence-electron chi connectivity index (χ0n) is 14.5. The fourth-order valence-corrected chi connectivity index (χ4v) is 4.37. The van der Waals surface area contributed by atoms with Crippen molar-refractivity contribution < 1.29 is 4.79 Å². The number of piperidine rings is 1. The van der Waals surface area contributed by atoms with Crippen LogP contribution in [0, 0.1) is 0 Å². The molecule has 1 saturated heterocycles. The molecule has 136 valence electrons. The quantitative estimate of drug-likeness (QED) is 0.646. The number of nitrogens with zero attached hydrogens (tertiary/aromatic N) is 4. The minimum atomic E-state index is -0.275. The number of thiophene rings is 1. The number of hydrogen-bond acceptors (Lipinski definition) is 7. The number of hydrogen-bond donors (Lipinski definition) is 3. The zero-order valence-corrected chi connectivity index (χ0v) is 15.3. The lowest BCUT2D eigenvalue weighted by atomic mass is 10.1. The van der Waals surface area contributed by atoms with E-state index in [1.165, 1.54) is 11.3 Å². The number of carbonyl (C=O) groups is 1. The van der Waals surface area contributed by atoms with Crippen LogP contribution in [-0.2, 0) is 7.05 Å². The van der Waals surface area contributed by atoms with E-state index in [0.29, 0.717) is 21.8 Å². The number of nitrogens with one attached hydrogen (secondary N) is 1. The molecule has 3 aromatic rings. The van der Waals surface area contributed by atoms with E-state index < -0.39 is 0 Å². The average molecular weight is 371 g/mol. The molecule has 0 saturated carbocycles. The molecule has 0 aliphatic carbocycles. The van der Waals surface area contributed by atoms with Crippen LogP contribution in [-0.4, -0.2) is 39.8 Å². The number of nitrogen functional groups attached to an aromatic ring is 1. The number of aromatic nitrogens is 3. The Balaban J connectivity index is 1.65. The maximum atomic E-state index is 12.9. The molecule has 0 radical (unpaired) electrons. The number of carbonyl (C=O) groups excluding carboxylic acids is 1. The van der Waals surface area contributed by atoms with Gasteiger partial charge in [0, 0.05) is 32.4 Å². The van der Waals surface area contributed by atoms with Crippen molar-refractivity contribution in [3.05, 3.63) is 30.1 Å². The SMILES string of the molecule is Cn1ncc(NC(=O)c2c(N)sc3cccnc23)c1N1CCCC(N)C1. The van der Waals surface area contributed by atoms with Crippen LogP contribution in [0.2, 0.25) is 0 Å². The summed E-state index contributed by atoms with van der Waals surface area (Å²) in [5, 5.41) is 7.73. The number of anilines is 3. The highest BCUT2D eigenvalue weighted by molar-refractivity contribution is 7.23. The van der Waals surface area contributed by atoms with Crippen LogP contribution < -0.4 is 21.7 Å². The average Bonchev–Trinajstić information content (AvgIpc) is 3.13. The molecule has 26 heavy (non-hydrogen) atoms. The first-order valence-electron chi connectivity index (χ1n) is 8.51. The topological polar surface area (TPSA) is 115 Å². The zero-order chi connectivity index (χ0) is 18.3. The van der Waals surface area contributed by atoms with E-state index in [1.807, 2.05) is 19.2 Å². The van der Waals surface area contributed by atoms with E-state index in [1.54, 1.807) is 17.1 Å². The summed E-state index contributed by atoms with van der Waals surface area (Å²) in [4.78, 5) is 19.4. The van der Waals surface area contributed by atoms with Crippen LogP contribution in [0.15, 0.2) is 24.5 Å². The van der Waals surface area contributed by atoms with Gasteiger partial charge in [-0.1, -0.05) is 0 Å². The predicted octanol–water partition coefficient (Wildman–Crippen LogP) is 1.79. The number of amides is 1. The predicted molar refractivity (Wildman–Crippen MR) is 105 cm³/mol. The van der Waals surface area contributed by atoms with Gasteiger partial charge in [-0.2, -0.15) is 5.10 Å². The number of pyridine rings is 1. The van der Waals surface area contributed by atoms with Gasteiger partial charge < -0.3 is 21.7 Å². The van der Waals surface area contributed by atoms with Crippen molar-refractivity contribution in [2.45, 2.75) is 18.9 Å². The monoisotopic (exact) mass is 371 g/mol. The van der Waals surface area contributed by atoms with Gasteiger partial charge in [-0.05, 0) is 25.0 Å². The van der Waals surface area contributed by atoms with Crippen LogP contribution >= 0.6 is 11.3 Å². The molecule has 1 unspecified atom stereocenters. The van der Waals surface area contributed by atoms with Crippen LogP contribution in [0.5, 0.6) is 0 Å². The van der Waals surface area contributed by atoms with Crippen molar-refractivity contribution in [1.82, 2.24) is 14.8 Å². The first kappa shape index (κ1) is 16.8. The van der Waals surface area contributed by atoms with E-state index >= 15 is 0 Å². The van der Waals surface area contributed by atoms with Crippen molar-refractivity contribution >= 4 is 44.0 Å². The highest BCUT2D eigenvalue weighted by Crippen LogP contribution is 2.34. The molecule has 5 N–H and O–H groups in total. The lowest BCUT2D eigenvalue weighted by Crippen LogP contribution is -2.43. The summed E-state index contributed by atoms with van der Waals surface area (Å²) in [5.41, 5.74) is 13.9. The van der Waals surface area contributed by atoms with Crippen molar-refractivity contribution in [1.29, 1.82) is 0 Å². The number of nitrogens with two attached hydrogens (primary N) is 2. The Morgan fingerprint density at radius 1 is 1.46 bits per heavy atom. The number of aryl methyl sites for hydroxylation is 1.